The van der Waals surface area contributed by atoms with Gasteiger partial charge in [0.05, 0.1) is 0 Å². The van der Waals surface area contributed by atoms with Crippen LogP contribution in [0.25, 0.3) is 0 Å². The van der Waals surface area contributed by atoms with E-state index in [9.17, 15) is 10.2 Å². The summed E-state index contributed by atoms with van der Waals surface area (Å²) in [5.41, 5.74) is 6.32. The van der Waals surface area contributed by atoms with E-state index in [0.717, 1.165) is 19.4 Å². The van der Waals surface area contributed by atoms with Crippen LogP contribution >= 0.6 is 0 Å². The van der Waals surface area contributed by atoms with Crippen molar-refractivity contribution in [3.05, 3.63) is 35.4 Å². The highest BCUT2D eigenvalue weighted by molar-refractivity contribution is 5.62. The first-order valence-corrected chi connectivity index (χ1v) is 8.43. The molecule has 7 heteroatoms. The van der Waals surface area contributed by atoms with Crippen LogP contribution in [0.3, 0.4) is 0 Å². The number of likely N-dealkylation sites (N-methyl/N-ethyl adjacent to an activating group) is 1. The summed E-state index contributed by atoms with van der Waals surface area (Å²) < 4.78 is 6.09. The summed E-state index contributed by atoms with van der Waals surface area (Å²) in [6.07, 6.45) is 3.84. The van der Waals surface area contributed by atoms with Crippen molar-refractivity contribution in [1.29, 1.82) is 0 Å². The van der Waals surface area contributed by atoms with Gasteiger partial charge in [-0.1, -0.05) is 18.2 Å². The Kier molecular flexibility index (Phi) is 3.49. The molecule has 1 aromatic carbocycles. The number of phenols is 1. The van der Waals surface area contributed by atoms with Gasteiger partial charge in [0.1, 0.15) is 12.2 Å². The van der Waals surface area contributed by atoms with Gasteiger partial charge in [-0.2, -0.15) is 0 Å². The van der Waals surface area contributed by atoms with Gasteiger partial charge >= 0.3 is 6.09 Å². The molecule has 1 aromatic rings. The predicted octanol–water partition coefficient (Wildman–Crippen LogP) is 0.821. The number of hydrogen-bond donors (Lipinski definition) is 4. The smallest absolute Gasteiger partial charge is 0.402 e. The average Bonchev–Trinajstić information content (AvgIpc) is 2.90. The second-order valence-corrected chi connectivity index (χ2v) is 7.27. The second-order valence-electron chi connectivity index (χ2n) is 7.27. The standard InChI is InChI=1S/C17H19NO3.CH3NO2/c1-18-7-6-17-10-3-5-13(20)16(17)21-15-12(19)4-2-9(14(15)17)8-11(10)18;2-1(3)4/h2-5,10-11,13,16,19-20H,6-8H2,1H3;2H2,(H,3,4)/t10-,11+,13-,16-,17-;/m0./s1. The fourth-order valence-electron chi connectivity index (χ4n) is 5.24. The topological polar surface area (TPSA) is 116 Å². The molecule has 0 saturated carbocycles. The normalized spacial score (nSPS) is 36.7. The van der Waals surface area contributed by atoms with E-state index in [2.05, 4.69) is 23.8 Å². The molecule has 0 aromatic heterocycles. The Morgan fingerprint density at radius 2 is 2.12 bits per heavy atom. The Balaban J connectivity index is 0.000000358. The van der Waals surface area contributed by atoms with E-state index in [-0.39, 0.29) is 17.3 Å². The lowest BCUT2D eigenvalue weighted by atomic mass is 9.53. The van der Waals surface area contributed by atoms with Crippen LogP contribution in [0.1, 0.15) is 17.5 Å². The van der Waals surface area contributed by atoms with Crippen LogP contribution in [-0.4, -0.2) is 58.2 Å². The van der Waals surface area contributed by atoms with Crippen molar-refractivity contribution in [2.75, 3.05) is 13.6 Å². The van der Waals surface area contributed by atoms with Crippen molar-refractivity contribution in [2.45, 2.75) is 36.5 Å². The second kappa shape index (κ2) is 5.37. The van der Waals surface area contributed by atoms with Gasteiger partial charge in [-0.15, -0.1) is 0 Å². The molecule has 25 heavy (non-hydrogen) atoms. The van der Waals surface area contributed by atoms with Gasteiger partial charge in [-0.05, 0) is 38.1 Å². The highest BCUT2D eigenvalue weighted by Gasteiger charge is 2.64. The lowest BCUT2D eigenvalue weighted by molar-refractivity contribution is -0.0453. The zero-order valence-electron chi connectivity index (χ0n) is 13.9. The Bertz CT molecular complexity index is 760. The average molecular weight is 346 g/mol. The largest absolute Gasteiger partial charge is 0.504 e. The third-order valence-electron chi connectivity index (χ3n) is 6.15. The summed E-state index contributed by atoms with van der Waals surface area (Å²) in [6.45, 7) is 1.01. The molecule has 4 aliphatic rings. The molecule has 1 spiro atoms. The molecule has 2 heterocycles. The van der Waals surface area contributed by atoms with Crippen molar-refractivity contribution in [1.82, 2.24) is 4.90 Å². The van der Waals surface area contributed by atoms with E-state index in [1.54, 1.807) is 6.07 Å². The number of phenolic OH excluding ortho intramolecular Hbond substituents is 1. The number of primary amides is 1. The van der Waals surface area contributed by atoms with E-state index in [4.69, 9.17) is 14.6 Å². The maximum Gasteiger partial charge on any atom is 0.402 e. The minimum absolute atomic E-state index is 0.160. The number of aliphatic hydroxyl groups excluding tert-OH is 1. The molecule has 1 fully saturated rings. The van der Waals surface area contributed by atoms with Gasteiger partial charge in [0, 0.05) is 22.9 Å². The number of hydrogen-bond acceptors (Lipinski definition) is 5. The van der Waals surface area contributed by atoms with Gasteiger partial charge in [-0.25, -0.2) is 4.79 Å². The van der Waals surface area contributed by atoms with E-state index < -0.39 is 12.2 Å². The van der Waals surface area contributed by atoms with Crippen molar-refractivity contribution in [3.63, 3.8) is 0 Å². The van der Waals surface area contributed by atoms with Crippen LogP contribution in [0.4, 0.5) is 4.79 Å². The lowest BCUT2D eigenvalue weighted by Crippen LogP contribution is -2.64. The summed E-state index contributed by atoms with van der Waals surface area (Å²) in [6, 6.07) is 4.23. The van der Waals surface area contributed by atoms with Crippen LogP contribution in [0.15, 0.2) is 24.3 Å². The van der Waals surface area contributed by atoms with Crippen molar-refractivity contribution >= 4 is 6.09 Å². The molecule has 2 aliphatic carbocycles. The highest BCUT2D eigenvalue weighted by Crippen LogP contribution is 2.62. The summed E-state index contributed by atoms with van der Waals surface area (Å²) in [4.78, 5) is 11.2. The number of aromatic hydroxyl groups is 1. The van der Waals surface area contributed by atoms with Gasteiger partial charge < -0.3 is 30.7 Å². The van der Waals surface area contributed by atoms with Gasteiger partial charge in [0.2, 0.25) is 0 Å². The third-order valence-corrected chi connectivity index (χ3v) is 6.15. The quantitative estimate of drug-likeness (QED) is 0.517. The number of benzene rings is 1. The number of carbonyl (C=O) groups is 1. The molecule has 1 saturated heterocycles. The molecule has 5 atom stereocenters. The van der Waals surface area contributed by atoms with Crippen molar-refractivity contribution in [3.8, 4) is 11.5 Å². The zero-order chi connectivity index (χ0) is 17.9. The van der Waals surface area contributed by atoms with Crippen LogP contribution in [0.2, 0.25) is 0 Å². The number of likely N-dealkylation sites (tertiary alicyclic amines) is 1. The number of amides is 1. The first kappa shape index (κ1) is 16.2. The van der Waals surface area contributed by atoms with E-state index in [1.165, 1.54) is 11.1 Å². The van der Waals surface area contributed by atoms with Crippen LogP contribution < -0.4 is 10.5 Å². The van der Waals surface area contributed by atoms with Gasteiger partial charge in [-0.3, -0.25) is 0 Å². The first-order chi connectivity index (χ1) is 11.9. The summed E-state index contributed by atoms with van der Waals surface area (Å²) in [5.74, 6) is 1.19. The number of aliphatic hydroxyl groups is 1. The molecule has 5 N–H and O–H groups in total. The monoisotopic (exact) mass is 346 g/mol. The van der Waals surface area contributed by atoms with E-state index in [1.807, 2.05) is 12.1 Å². The molecule has 7 nitrogen and oxygen atoms in total. The Morgan fingerprint density at radius 1 is 1.40 bits per heavy atom. The highest BCUT2D eigenvalue weighted by atomic mass is 16.5. The number of nitrogens with two attached hydrogens (primary N) is 1. The fourth-order valence-corrected chi connectivity index (χ4v) is 5.24. The summed E-state index contributed by atoms with van der Waals surface area (Å²) in [7, 11) is 2.19. The number of piperidine rings is 1. The predicted molar refractivity (Wildman–Crippen MR) is 89.8 cm³/mol. The SMILES string of the molecule is CN1CC[C@]23c4c5ccc(O)c4O[C@H]2[C@@H](O)C=C[C@H]3[C@H]1C5.NC(=O)O. The third kappa shape index (κ3) is 2.09. The molecular formula is C18H22N2O5. The Labute approximate surface area is 145 Å². The number of nitrogens with zero attached hydrogens (tertiary/aromatic N) is 1. The zero-order valence-corrected chi connectivity index (χ0v) is 13.9. The number of carboxylic acid groups (broad SMARTS) is 1. The summed E-state index contributed by atoms with van der Waals surface area (Å²) in [5, 5.41) is 27.8. The van der Waals surface area contributed by atoms with Crippen molar-refractivity contribution < 1.29 is 24.9 Å². The Morgan fingerprint density at radius 3 is 2.84 bits per heavy atom. The molecular weight excluding hydrogens is 324 g/mol. The fraction of sp³-hybridized carbons (Fsp3) is 0.500. The molecule has 2 bridgehead atoms. The molecule has 1 amide bonds. The molecule has 5 rings (SSSR count). The Hall–Kier alpha value is -2.25. The molecule has 0 radical (unpaired) electrons. The molecule has 0 unspecified atom stereocenters. The van der Waals surface area contributed by atoms with Gasteiger partial charge in [0.15, 0.2) is 11.5 Å². The minimum Gasteiger partial charge on any atom is -0.504 e. The summed E-state index contributed by atoms with van der Waals surface area (Å²) >= 11 is 0. The van der Waals surface area contributed by atoms with Crippen LogP contribution in [-0.2, 0) is 11.8 Å². The van der Waals surface area contributed by atoms with E-state index in [0.29, 0.717) is 17.7 Å². The molecule has 2 aliphatic heterocycles. The molecule has 134 valence electrons. The maximum absolute atomic E-state index is 10.4. The number of ether oxygens (including phenoxy) is 1. The van der Waals surface area contributed by atoms with Gasteiger partial charge in [0.25, 0.3) is 0 Å². The first-order valence-electron chi connectivity index (χ1n) is 8.43. The van der Waals surface area contributed by atoms with Crippen LogP contribution in [0.5, 0.6) is 11.5 Å². The minimum atomic E-state index is -1.33. The number of rotatable bonds is 0. The lowest BCUT2D eigenvalue weighted by Gasteiger charge is -2.56. The van der Waals surface area contributed by atoms with Crippen molar-refractivity contribution in [2.24, 2.45) is 11.7 Å². The van der Waals surface area contributed by atoms with Crippen LogP contribution in [0, 0.1) is 5.92 Å². The maximum atomic E-state index is 10.4. The van der Waals surface area contributed by atoms with E-state index >= 15 is 0 Å².